The number of carbonyl (C=O) groups excluding carboxylic acids is 1. The summed E-state index contributed by atoms with van der Waals surface area (Å²) >= 11 is 0. The van der Waals surface area contributed by atoms with Gasteiger partial charge in [0.25, 0.3) is 5.91 Å². The van der Waals surface area contributed by atoms with Crippen molar-refractivity contribution >= 4 is 15.9 Å². The molecule has 1 aromatic carbocycles. The second-order valence-electron chi connectivity index (χ2n) is 5.87. The molecule has 0 radical (unpaired) electrons. The Bertz CT molecular complexity index is 683. The zero-order valence-corrected chi connectivity index (χ0v) is 12.3. The summed E-state index contributed by atoms with van der Waals surface area (Å²) in [7, 11) is -3.98. The van der Waals surface area contributed by atoms with Crippen LogP contribution in [0, 0.1) is 18.2 Å². The lowest BCUT2D eigenvalue weighted by Gasteiger charge is -2.10. The summed E-state index contributed by atoms with van der Waals surface area (Å²) < 4.78 is 36.7. The Hall–Kier alpha value is -1.47. The number of aryl methyl sites for hydroxylation is 1. The Labute approximate surface area is 117 Å². The van der Waals surface area contributed by atoms with Gasteiger partial charge in [0.05, 0.1) is 10.5 Å². The maximum Gasteiger partial charge on any atom is 0.254 e. The Kier molecular flexibility index (Phi) is 3.38. The number of carbonyl (C=O) groups is 1. The number of hydrogen-bond acceptors (Lipinski definition) is 3. The first-order valence-corrected chi connectivity index (χ1v) is 7.71. The fraction of sp³-hybridized carbons (Fsp3) is 0.462. The van der Waals surface area contributed by atoms with Crippen LogP contribution in [-0.2, 0) is 10.0 Å². The fourth-order valence-corrected chi connectivity index (χ4v) is 2.64. The standard InChI is InChI=1S/C13H17FN2O3S/c1-7-4-8(20(15,18)19)5-9(11(7)14)12(17)16-10-6-13(10,2)3/h4-5,10H,6H2,1-3H3,(H,16,17)(H2,15,18,19). The lowest BCUT2D eigenvalue weighted by Crippen LogP contribution is -2.29. The first kappa shape index (κ1) is 14.9. The predicted octanol–water partition coefficient (Wildman–Crippen LogP) is 1.31. The van der Waals surface area contributed by atoms with Gasteiger partial charge in [0.1, 0.15) is 5.82 Å². The quantitative estimate of drug-likeness (QED) is 0.882. The largest absolute Gasteiger partial charge is 0.349 e. The van der Waals surface area contributed by atoms with Crippen molar-refractivity contribution < 1.29 is 17.6 Å². The molecule has 0 spiro atoms. The summed E-state index contributed by atoms with van der Waals surface area (Å²) in [6.45, 7) is 5.36. The third kappa shape index (κ3) is 2.83. The second-order valence-corrected chi connectivity index (χ2v) is 7.43. The molecule has 2 rings (SSSR count). The monoisotopic (exact) mass is 300 g/mol. The molecule has 0 heterocycles. The Morgan fingerprint density at radius 2 is 2.00 bits per heavy atom. The summed E-state index contributed by atoms with van der Waals surface area (Å²) in [5.74, 6) is -1.35. The maximum absolute atomic E-state index is 14.0. The number of nitrogens with one attached hydrogen (secondary N) is 1. The molecule has 110 valence electrons. The van der Waals surface area contributed by atoms with E-state index in [9.17, 15) is 17.6 Å². The van der Waals surface area contributed by atoms with Gasteiger partial charge in [-0.3, -0.25) is 4.79 Å². The van der Waals surface area contributed by atoms with Crippen LogP contribution in [0.2, 0.25) is 0 Å². The SMILES string of the molecule is Cc1cc(S(N)(=O)=O)cc(C(=O)NC2CC2(C)C)c1F. The molecule has 1 atom stereocenters. The minimum absolute atomic E-state index is 0.00125. The molecule has 5 nitrogen and oxygen atoms in total. The molecule has 20 heavy (non-hydrogen) atoms. The highest BCUT2D eigenvalue weighted by atomic mass is 32.2. The second kappa shape index (κ2) is 4.53. The highest BCUT2D eigenvalue weighted by molar-refractivity contribution is 7.89. The highest BCUT2D eigenvalue weighted by Crippen LogP contribution is 2.44. The molecule has 0 bridgehead atoms. The number of benzene rings is 1. The molecule has 7 heteroatoms. The zero-order chi connectivity index (χ0) is 15.3. The van der Waals surface area contributed by atoms with E-state index in [-0.39, 0.29) is 27.5 Å². The van der Waals surface area contributed by atoms with Crippen molar-refractivity contribution in [1.82, 2.24) is 5.32 Å². The number of rotatable bonds is 3. The van der Waals surface area contributed by atoms with Crippen molar-refractivity contribution in [3.63, 3.8) is 0 Å². The van der Waals surface area contributed by atoms with Gasteiger partial charge in [-0.15, -0.1) is 0 Å². The minimum atomic E-state index is -3.98. The summed E-state index contributed by atoms with van der Waals surface area (Å²) in [6, 6.07) is 2.07. The number of hydrogen-bond donors (Lipinski definition) is 2. The summed E-state index contributed by atoms with van der Waals surface area (Å²) in [4.78, 5) is 11.8. The lowest BCUT2D eigenvalue weighted by molar-refractivity contribution is 0.0942. The van der Waals surface area contributed by atoms with Gasteiger partial charge in [0.2, 0.25) is 10.0 Å². The molecule has 1 unspecified atom stereocenters. The van der Waals surface area contributed by atoms with Crippen LogP contribution in [0.3, 0.4) is 0 Å². The first-order valence-electron chi connectivity index (χ1n) is 6.16. The minimum Gasteiger partial charge on any atom is -0.349 e. The van der Waals surface area contributed by atoms with Gasteiger partial charge in [-0.25, -0.2) is 17.9 Å². The average molecular weight is 300 g/mol. The number of amides is 1. The molecule has 1 amide bonds. The molecular formula is C13H17FN2O3S. The van der Waals surface area contributed by atoms with E-state index in [0.29, 0.717) is 0 Å². The van der Waals surface area contributed by atoms with Crippen molar-refractivity contribution in [2.24, 2.45) is 10.6 Å². The van der Waals surface area contributed by atoms with Gasteiger partial charge in [0.15, 0.2) is 0 Å². The number of nitrogens with two attached hydrogens (primary N) is 1. The van der Waals surface area contributed by atoms with E-state index in [1.54, 1.807) is 0 Å². The normalized spacial score (nSPS) is 20.6. The van der Waals surface area contributed by atoms with Crippen molar-refractivity contribution in [1.29, 1.82) is 0 Å². The average Bonchev–Trinajstić information content (AvgIpc) is 2.87. The zero-order valence-electron chi connectivity index (χ0n) is 11.5. The molecule has 0 saturated heterocycles. The number of halogens is 1. The molecule has 3 N–H and O–H groups in total. The number of sulfonamides is 1. The molecule has 1 aromatic rings. The predicted molar refractivity (Wildman–Crippen MR) is 72.2 cm³/mol. The third-order valence-corrected chi connectivity index (χ3v) is 4.51. The lowest BCUT2D eigenvalue weighted by atomic mass is 10.1. The van der Waals surface area contributed by atoms with E-state index >= 15 is 0 Å². The van der Waals surface area contributed by atoms with Gasteiger partial charge in [-0.05, 0) is 36.5 Å². The van der Waals surface area contributed by atoms with Gasteiger partial charge in [-0.2, -0.15) is 0 Å². The van der Waals surface area contributed by atoms with Crippen LogP contribution < -0.4 is 10.5 Å². The van der Waals surface area contributed by atoms with Crippen molar-refractivity contribution in [3.8, 4) is 0 Å². The van der Waals surface area contributed by atoms with E-state index in [1.165, 1.54) is 6.92 Å². The molecule has 1 aliphatic rings. The van der Waals surface area contributed by atoms with Gasteiger partial charge < -0.3 is 5.32 Å². The molecular weight excluding hydrogens is 283 g/mol. The third-order valence-electron chi connectivity index (χ3n) is 3.62. The Balaban J connectivity index is 2.36. The van der Waals surface area contributed by atoms with E-state index in [0.717, 1.165) is 18.6 Å². The summed E-state index contributed by atoms with van der Waals surface area (Å²) in [6.07, 6.45) is 0.814. The van der Waals surface area contributed by atoms with Crippen molar-refractivity contribution in [3.05, 3.63) is 29.1 Å². The molecule has 1 aliphatic carbocycles. The van der Waals surface area contributed by atoms with Gasteiger partial charge >= 0.3 is 0 Å². The summed E-state index contributed by atoms with van der Waals surface area (Å²) in [5, 5.41) is 7.71. The van der Waals surface area contributed by atoms with Crippen LogP contribution in [0.5, 0.6) is 0 Å². The number of primary sulfonamides is 1. The van der Waals surface area contributed by atoms with Crippen LogP contribution >= 0.6 is 0 Å². The van der Waals surface area contributed by atoms with E-state index < -0.39 is 21.7 Å². The van der Waals surface area contributed by atoms with Crippen molar-refractivity contribution in [2.45, 2.75) is 38.1 Å². The molecule has 0 aromatic heterocycles. The first-order chi connectivity index (χ1) is 9.02. The Morgan fingerprint density at radius 3 is 2.45 bits per heavy atom. The highest BCUT2D eigenvalue weighted by Gasteiger charge is 2.46. The van der Waals surface area contributed by atoms with E-state index in [1.807, 2.05) is 13.8 Å². The Morgan fingerprint density at radius 1 is 1.45 bits per heavy atom. The fourth-order valence-electron chi connectivity index (χ4n) is 2.02. The summed E-state index contributed by atoms with van der Waals surface area (Å²) in [5.41, 5.74) is -0.230. The van der Waals surface area contributed by atoms with Gasteiger partial charge in [-0.1, -0.05) is 13.8 Å². The van der Waals surface area contributed by atoms with Crippen LogP contribution in [0.4, 0.5) is 4.39 Å². The van der Waals surface area contributed by atoms with Crippen molar-refractivity contribution in [2.75, 3.05) is 0 Å². The smallest absolute Gasteiger partial charge is 0.254 e. The molecule has 1 fully saturated rings. The maximum atomic E-state index is 14.0. The molecule has 1 saturated carbocycles. The molecule has 0 aliphatic heterocycles. The van der Waals surface area contributed by atoms with Crippen LogP contribution in [-0.4, -0.2) is 20.4 Å². The van der Waals surface area contributed by atoms with E-state index in [4.69, 9.17) is 5.14 Å². The van der Waals surface area contributed by atoms with Crippen LogP contribution in [0.25, 0.3) is 0 Å². The van der Waals surface area contributed by atoms with E-state index in [2.05, 4.69) is 5.32 Å². The topological polar surface area (TPSA) is 89.3 Å². The van der Waals surface area contributed by atoms with Crippen LogP contribution in [0.1, 0.15) is 36.2 Å². The van der Waals surface area contributed by atoms with Gasteiger partial charge in [0, 0.05) is 6.04 Å². The van der Waals surface area contributed by atoms with Crippen LogP contribution in [0.15, 0.2) is 17.0 Å².